The Balaban J connectivity index is -0.000000112. The van der Waals surface area contributed by atoms with Gasteiger partial charge in [-0.2, -0.15) is 0 Å². The number of carboxylic acids is 2. The molecule has 0 radical (unpaired) electrons. The van der Waals surface area contributed by atoms with Crippen molar-refractivity contribution in [3.05, 3.63) is 0 Å². The molecule has 4 N–H and O–H groups in total. The third kappa shape index (κ3) is 58.9. The molecule has 0 heterocycles. The summed E-state index contributed by atoms with van der Waals surface area (Å²) >= 11 is 0.611. The van der Waals surface area contributed by atoms with Crippen molar-refractivity contribution in [1.29, 1.82) is 0 Å². The van der Waals surface area contributed by atoms with E-state index in [1.807, 2.05) is 0 Å². The molecule has 0 rings (SSSR count). The van der Waals surface area contributed by atoms with Crippen LogP contribution in [0.5, 0.6) is 0 Å². The Labute approximate surface area is 77.8 Å². The predicted octanol–water partition coefficient (Wildman–Crippen LogP) is -1.99. The Kier molecular flexibility index (Phi) is 24.2. The van der Waals surface area contributed by atoms with Gasteiger partial charge in [-0.25, -0.2) is 9.59 Å². The summed E-state index contributed by atoms with van der Waals surface area (Å²) in [7, 11) is 0. The van der Waals surface area contributed by atoms with Crippen LogP contribution in [-0.4, -0.2) is 45.6 Å². The number of aliphatic carboxylic acids is 2. The van der Waals surface area contributed by atoms with Gasteiger partial charge in [0, 0.05) is 0 Å². The number of aliphatic hydroxyl groups is 2. The monoisotopic (exact) mass is 360 g/mol. The van der Waals surface area contributed by atoms with Crippen LogP contribution in [-0.2, 0) is 31.7 Å². The van der Waals surface area contributed by atoms with Gasteiger partial charge in [-0.05, 0) is 0 Å². The summed E-state index contributed by atoms with van der Waals surface area (Å²) in [5.41, 5.74) is 0. The van der Waals surface area contributed by atoms with Gasteiger partial charge in [-0.3, -0.25) is 0 Å². The quantitative estimate of drug-likeness (QED) is 0.449. The van der Waals surface area contributed by atoms with Gasteiger partial charge < -0.3 is 20.4 Å². The topological polar surface area (TPSA) is 132 Å². The Morgan fingerprint density at radius 3 is 1.00 bits per heavy atom. The molecule has 0 fully saturated rings. The van der Waals surface area contributed by atoms with Gasteiger partial charge in [0.05, 0.1) is 0 Å². The Morgan fingerprint density at radius 1 is 0.917 bits per heavy atom. The van der Waals surface area contributed by atoms with Crippen LogP contribution in [0.2, 0.25) is 0 Å². The number of carbonyl (C=O) groups is 2. The van der Waals surface area contributed by atoms with E-state index in [9.17, 15) is 0 Å². The van der Waals surface area contributed by atoms with E-state index >= 15 is 0 Å². The average molecular weight is 358 g/mol. The van der Waals surface area contributed by atoms with E-state index in [-0.39, 0.29) is 0 Å². The molecule has 0 spiro atoms. The third-order valence-electron chi connectivity index (χ3n) is 0.271. The van der Waals surface area contributed by atoms with E-state index < -0.39 is 25.2 Å². The number of carboxylic acid groups (broad SMARTS) is 2. The van der Waals surface area contributed by atoms with Crippen molar-refractivity contribution in [1.82, 2.24) is 0 Å². The zero-order valence-electron chi connectivity index (χ0n) is 5.78. The first-order chi connectivity index (χ1) is 5.54. The number of rotatable bonds is 2. The van der Waals surface area contributed by atoms with E-state index in [0.29, 0.717) is 18.6 Å². The van der Waals surface area contributed by atoms with Gasteiger partial charge in [0.25, 0.3) is 0 Å². The number of aliphatic hydroxyl groups excluding tert-OH is 2. The minimum absolute atomic E-state index is 0.611. The molecule has 8 heteroatoms. The van der Waals surface area contributed by atoms with Crippen LogP contribution in [0.4, 0.5) is 0 Å². The van der Waals surface area contributed by atoms with Gasteiger partial charge in [-0.1, -0.05) is 0 Å². The minimum atomic E-state index is -1.19. The second-order valence-corrected chi connectivity index (χ2v) is 1.10. The normalized spacial score (nSPS) is 6.58. The third-order valence-corrected chi connectivity index (χ3v) is 0.271. The Hall–Kier alpha value is -0.704. The van der Waals surface area contributed by atoms with Gasteiger partial charge in [0.15, 0.2) is 0 Å². The van der Waals surface area contributed by atoms with Gasteiger partial charge in [0.2, 0.25) is 0 Å². The second kappa shape index (κ2) is 16.7. The first-order valence-electron chi connectivity index (χ1n) is 2.34. The predicted molar refractivity (Wildman–Crippen MR) is 30.1 cm³/mol. The summed E-state index contributed by atoms with van der Waals surface area (Å²) in [5, 5.41) is 30.0. The molecule has 74 valence electrons. The molecule has 0 aliphatic rings. The zero-order chi connectivity index (χ0) is 10.6. The molecule has 0 aromatic heterocycles. The van der Waals surface area contributed by atoms with Gasteiger partial charge >= 0.3 is 34.0 Å². The molecule has 0 aliphatic heterocycles. The molecule has 0 amide bonds. The molecule has 0 aromatic carbocycles. The molecule has 0 aromatic rings. The van der Waals surface area contributed by atoms with E-state index in [4.69, 9.17) is 33.6 Å². The van der Waals surface area contributed by atoms with Crippen molar-refractivity contribution >= 4 is 11.9 Å². The second-order valence-electron chi connectivity index (χ2n) is 1.10. The summed E-state index contributed by atoms with van der Waals surface area (Å²) in [5.74, 6) is -2.38. The molecule has 7 nitrogen and oxygen atoms in total. The van der Waals surface area contributed by atoms with Crippen LogP contribution in [0.15, 0.2) is 0 Å². The van der Waals surface area contributed by atoms with Crippen molar-refractivity contribution in [2.24, 2.45) is 0 Å². The Morgan fingerprint density at radius 2 is 1.00 bits per heavy atom. The molecule has 0 atom stereocenters. The van der Waals surface area contributed by atoms with Crippen molar-refractivity contribution in [2.45, 2.75) is 0 Å². The van der Waals surface area contributed by atoms with Crippen LogP contribution in [0, 0.1) is 0 Å². The maximum absolute atomic E-state index is 9.12. The summed E-state index contributed by atoms with van der Waals surface area (Å²) in [6, 6.07) is 0. The van der Waals surface area contributed by atoms with E-state index in [1.54, 1.807) is 0 Å². The zero-order valence-corrected chi connectivity index (χ0v) is 8.32. The van der Waals surface area contributed by atoms with Crippen molar-refractivity contribution in [3.63, 3.8) is 0 Å². The molecule has 0 saturated carbocycles. The number of hydrogen-bond donors (Lipinski definition) is 4. The van der Waals surface area contributed by atoms with Crippen molar-refractivity contribution in [2.75, 3.05) is 13.2 Å². The fraction of sp³-hybridized carbons (Fsp3) is 0.500. The molecule has 0 saturated heterocycles. The molecular weight excluding hydrogens is 350 g/mol. The van der Waals surface area contributed by atoms with Crippen LogP contribution < -0.4 is 0 Å². The standard InChI is InChI=1S/2C2H4O3.O.Os/c2*3-1-2(4)5;;/h2*3H,1H2,(H,4,5);;. The van der Waals surface area contributed by atoms with Crippen LogP contribution in [0.1, 0.15) is 0 Å². The first-order valence-corrected chi connectivity index (χ1v) is 3.38. The number of hydrogen-bond acceptors (Lipinski definition) is 5. The van der Waals surface area contributed by atoms with Crippen molar-refractivity contribution < 1.29 is 52.1 Å². The summed E-state index contributed by atoms with van der Waals surface area (Å²) < 4.78 is 8.28. The summed E-state index contributed by atoms with van der Waals surface area (Å²) in [6.45, 7) is -1.56. The van der Waals surface area contributed by atoms with Crippen molar-refractivity contribution in [3.8, 4) is 0 Å². The molecule has 0 bridgehead atoms. The molecule has 0 aliphatic carbocycles. The molecular formula is C4H8O7Os. The molecule has 0 unspecified atom stereocenters. The SMILES string of the molecule is O=C(O)CO.O=C(O)CO.[O]=[Os]. The molecule has 12 heavy (non-hydrogen) atoms. The fourth-order valence-electron chi connectivity index (χ4n) is 0. The fourth-order valence-corrected chi connectivity index (χ4v) is 0. The summed E-state index contributed by atoms with van der Waals surface area (Å²) in [4.78, 5) is 18.2. The summed E-state index contributed by atoms with van der Waals surface area (Å²) in [6.07, 6.45) is 0. The van der Waals surface area contributed by atoms with Crippen LogP contribution in [0.25, 0.3) is 0 Å². The maximum atomic E-state index is 9.12. The first kappa shape index (κ1) is 17.4. The van der Waals surface area contributed by atoms with E-state index in [1.165, 1.54) is 0 Å². The van der Waals surface area contributed by atoms with Crippen LogP contribution in [0.3, 0.4) is 0 Å². The van der Waals surface area contributed by atoms with E-state index in [2.05, 4.69) is 0 Å². The van der Waals surface area contributed by atoms with Gasteiger partial charge in [-0.15, -0.1) is 0 Å². The van der Waals surface area contributed by atoms with Gasteiger partial charge in [0.1, 0.15) is 13.2 Å². The van der Waals surface area contributed by atoms with E-state index in [0.717, 1.165) is 0 Å². The Bertz CT molecular complexity index is 111. The average Bonchev–Trinajstić information content (AvgIpc) is 2.09. The van der Waals surface area contributed by atoms with Crippen LogP contribution >= 0.6 is 0 Å².